The van der Waals surface area contributed by atoms with Crippen LogP contribution in [0.3, 0.4) is 0 Å². The average molecular weight is 1050 g/mol. The van der Waals surface area contributed by atoms with E-state index < -0.39 is 73.0 Å². The predicted octanol–water partition coefficient (Wildman–Crippen LogP) is 11.4. The molecule has 12 heteroatoms. The Balaban J connectivity index is 0.921. The van der Waals surface area contributed by atoms with Crippen LogP contribution in [0, 0.1) is 0 Å². The molecule has 2 aliphatic heterocycles. The van der Waals surface area contributed by atoms with Crippen LogP contribution in [-0.2, 0) is 96.6 Å². The molecule has 404 valence electrons. The van der Waals surface area contributed by atoms with Crippen molar-refractivity contribution < 1.29 is 57.0 Å². The molecule has 2 saturated heterocycles. The molecule has 2 fully saturated rings. The second-order valence-electron chi connectivity index (χ2n) is 19.3. The quantitative estimate of drug-likeness (QED) is 0.0315. The zero-order valence-electron chi connectivity index (χ0n) is 43.8. The number of esters is 2. The van der Waals surface area contributed by atoms with E-state index in [-0.39, 0.29) is 45.7 Å². The molecule has 8 rings (SSSR count). The fourth-order valence-corrected chi connectivity index (χ4v) is 9.61. The molecule has 0 bridgehead atoms. The summed E-state index contributed by atoms with van der Waals surface area (Å²) in [6, 6.07) is 59.4. The van der Waals surface area contributed by atoms with Crippen LogP contribution in [0.1, 0.15) is 65.5 Å². The van der Waals surface area contributed by atoms with Crippen molar-refractivity contribution in [2.75, 3.05) is 13.2 Å². The zero-order chi connectivity index (χ0) is 53.3. The van der Waals surface area contributed by atoms with Gasteiger partial charge in [-0.05, 0) is 52.6 Å². The Bertz CT molecular complexity index is 2440. The van der Waals surface area contributed by atoms with Crippen molar-refractivity contribution in [2.24, 2.45) is 0 Å². The van der Waals surface area contributed by atoms with Gasteiger partial charge in [0.2, 0.25) is 0 Å². The summed E-state index contributed by atoms with van der Waals surface area (Å²) in [6.45, 7) is 9.56. The highest BCUT2D eigenvalue weighted by Crippen LogP contribution is 2.34. The minimum atomic E-state index is -0.726. The van der Waals surface area contributed by atoms with E-state index in [2.05, 4.69) is 13.2 Å². The van der Waals surface area contributed by atoms with Crippen molar-refractivity contribution in [2.45, 2.75) is 133 Å². The molecule has 0 amide bonds. The molecule has 0 unspecified atom stereocenters. The van der Waals surface area contributed by atoms with E-state index in [1.54, 1.807) is 12.2 Å². The first-order chi connectivity index (χ1) is 37.9. The van der Waals surface area contributed by atoms with Crippen molar-refractivity contribution in [3.8, 4) is 0 Å². The maximum Gasteiger partial charge on any atom is 0.305 e. The largest absolute Gasteiger partial charge is 0.463 e. The third kappa shape index (κ3) is 17.7. The molecule has 2 heterocycles. The Kier molecular flexibility index (Phi) is 22.8. The van der Waals surface area contributed by atoms with Crippen molar-refractivity contribution in [3.05, 3.63) is 241 Å². The van der Waals surface area contributed by atoms with E-state index in [0.717, 1.165) is 33.4 Å². The van der Waals surface area contributed by atoms with Crippen LogP contribution in [0.25, 0.3) is 0 Å². The van der Waals surface area contributed by atoms with Crippen molar-refractivity contribution >= 4 is 11.9 Å². The van der Waals surface area contributed by atoms with Gasteiger partial charge in [0.25, 0.3) is 0 Å². The summed E-state index contributed by atoms with van der Waals surface area (Å²) in [5.74, 6) is -0.991. The first kappa shape index (κ1) is 56.6. The molecule has 10 atom stereocenters. The number of rotatable bonds is 30. The van der Waals surface area contributed by atoms with Gasteiger partial charge in [-0.15, -0.1) is 13.2 Å². The highest BCUT2D eigenvalue weighted by atomic mass is 16.6. The van der Waals surface area contributed by atoms with Gasteiger partial charge in [-0.25, -0.2) is 0 Å². The molecule has 0 aliphatic carbocycles. The molecule has 0 N–H and O–H groups in total. The highest BCUT2D eigenvalue weighted by molar-refractivity contribution is 5.72. The summed E-state index contributed by atoms with van der Waals surface area (Å²) < 4.78 is 65.8. The van der Waals surface area contributed by atoms with Crippen LogP contribution < -0.4 is 0 Å². The van der Waals surface area contributed by atoms with Crippen molar-refractivity contribution in [1.29, 1.82) is 0 Å². The monoisotopic (exact) mass is 1040 g/mol. The second-order valence-corrected chi connectivity index (χ2v) is 19.3. The number of ether oxygens (including phenoxy) is 10. The van der Waals surface area contributed by atoms with Crippen LogP contribution >= 0.6 is 0 Å². The van der Waals surface area contributed by atoms with Crippen molar-refractivity contribution in [3.63, 3.8) is 0 Å². The molecular formula is C65H72O12. The fraction of sp³-hybridized carbons (Fsp3) is 0.354. The molecule has 0 radical (unpaired) electrons. The molecular weight excluding hydrogens is 973 g/mol. The third-order valence-electron chi connectivity index (χ3n) is 13.5. The lowest BCUT2D eigenvalue weighted by Gasteiger charge is -2.46. The Morgan fingerprint density at radius 2 is 0.584 bits per heavy atom. The minimum absolute atomic E-state index is 0.0375. The van der Waals surface area contributed by atoms with Gasteiger partial charge in [-0.1, -0.05) is 194 Å². The molecule has 0 aromatic heterocycles. The molecule has 6 aromatic carbocycles. The molecule has 0 spiro atoms. The topological polar surface area (TPSA) is 126 Å². The van der Waals surface area contributed by atoms with E-state index >= 15 is 0 Å². The SMILES string of the molecule is C=CC[C@H]1O[C@H](COC(=O)CCCC(=O)OC[C@H]2O[C@H](CC=C)[C@@H](OCc3ccccc3)[C@@H](OCc3ccccc3)[C@@H]2OCc2ccccc2)[C@@H](OCc2ccccc2)[C@H](OCc2ccccc2)[C@H]1OCc1ccccc1. The molecule has 2 aliphatic rings. The lowest BCUT2D eigenvalue weighted by atomic mass is 9.92. The van der Waals surface area contributed by atoms with Crippen LogP contribution in [0.5, 0.6) is 0 Å². The van der Waals surface area contributed by atoms with Gasteiger partial charge in [0.15, 0.2) is 0 Å². The predicted molar refractivity (Wildman–Crippen MR) is 293 cm³/mol. The van der Waals surface area contributed by atoms with E-state index in [1.165, 1.54) is 0 Å². The molecule has 0 saturated carbocycles. The Morgan fingerprint density at radius 1 is 0.351 bits per heavy atom. The number of benzene rings is 6. The standard InChI is InChI=1S/C65H72O12/c1-3-24-54-60(70-40-48-26-11-5-12-27-48)64(74-44-52-34-19-9-20-35-52)62(72-42-50-30-15-7-16-31-50)56(76-54)46-68-58(66)38-23-39-59(67)69-47-57-63(73-43-51-32-17-8-18-33-51)65(75-45-53-36-21-10-22-37-53)61(55(77-57)25-4-2)71-41-49-28-13-6-14-29-49/h3-22,26-37,54-57,60-65H,1-2,23-25,38-47H2/t54-,55-,56-,57-,60-,61+,62-,63-,64-,65-/m1/s1. The average Bonchev–Trinajstić information content (AvgIpc) is 3.48. The van der Waals surface area contributed by atoms with Crippen LogP contribution in [-0.4, -0.2) is 86.2 Å². The summed E-state index contributed by atoms with van der Waals surface area (Å²) >= 11 is 0. The van der Waals surface area contributed by atoms with Gasteiger partial charge in [-0.3, -0.25) is 9.59 Å². The van der Waals surface area contributed by atoms with Gasteiger partial charge in [0, 0.05) is 12.8 Å². The van der Waals surface area contributed by atoms with E-state index in [9.17, 15) is 9.59 Å². The number of hydrogen-bond donors (Lipinski definition) is 0. The van der Waals surface area contributed by atoms with E-state index in [1.807, 2.05) is 182 Å². The number of hydrogen-bond acceptors (Lipinski definition) is 12. The summed E-state index contributed by atoms with van der Waals surface area (Å²) in [5, 5.41) is 0. The maximum absolute atomic E-state index is 13.6. The highest BCUT2D eigenvalue weighted by Gasteiger charge is 2.50. The summed E-state index contributed by atoms with van der Waals surface area (Å²) in [5.41, 5.74) is 5.89. The summed E-state index contributed by atoms with van der Waals surface area (Å²) in [4.78, 5) is 27.1. The Labute approximate surface area is 453 Å². The third-order valence-corrected chi connectivity index (χ3v) is 13.5. The van der Waals surface area contributed by atoms with E-state index in [0.29, 0.717) is 39.3 Å². The lowest BCUT2D eigenvalue weighted by Crippen LogP contribution is -2.61. The first-order valence-corrected chi connectivity index (χ1v) is 26.7. The summed E-state index contributed by atoms with van der Waals surface area (Å²) in [7, 11) is 0. The zero-order valence-corrected chi connectivity index (χ0v) is 43.8. The van der Waals surface area contributed by atoms with E-state index in [4.69, 9.17) is 47.4 Å². The van der Waals surface area contributed by atoms with Gasteiger partial charge in [-0.2, -0.15) is 0 Å². The lowest BCUT2D eigenvalue weighted by molar-refractivity contribution is -0.270. The molecule has 77 heavy (non-hydrogen) atoms. The molecule has 12 nitrogen and oxygen atoms in total. The number of carbonyl (C=O) groups is 2. The normalized spacial score (nSPS) is 23.1. The van der Waals surface area contributed by atoms with Gasteiger partial charge in [0.1, 0.15) is 62.0 Å². The van der Waals surface area contributed by atoms with Crippen LogP contribution in [0.4, 0.5) is 0 Å². The smallest absolute Gasteiger partial charge is 0.305 e. The van der Waals surface area contributed by atoms with Crippen LogP contribution in [0.2, 0.25) is 0 Å². The Hall–Kier alpha value is -6.58. The van der Waals surface area contributed by atoms with Crippen molar-refractivity contribution in [1.82, 2.24) is 0 Å². The van der Waals surface area contributed by atoms with Gasteiger partial charge in [0.05, 0.1) is 51.8 Å². The minimum Gasteiger partial charge on any atom is -0.463 e. The van der Waals surface area contributed by atoms with Crippen LogP contribution in [0.15, 0.2) is 207 Å². The first-order valence-electron chi connectivity index (χ1n) is 26.7. The maximum atomic E-state index is 13.6. The van der Waals surface area contributed by atoms with Gasteiger partial charge < -0.3 is 47.4 Å². The fourth-order valence-electron chi connectivity index (χ4n) is 9.61. The Morgan fingerprint density at radius 3 is 0.831 bits per heavy atom. The number of carbonyl (C=O) groups excluding carboxylic acids is 2. The van der Waals surface area contributed by atoms with Gasteiger partial charge >= 0.3 is 11.9 Å². The second kappa shape index (κ2) is 31.0. The summed E-state index contributed by atoms with van der Waals surface area (Å²) in [6.07, 6.45) is -1.61. The molecule has 6 aromatic rings.